The second-order valence-electron chi connectivity index (χ2n) is 9.04. The number of halogens is 2. The lowest BCUT2D eigenvalue weighted by Crippen LogP contribution is -2.52. The van der Waals surface area contributed by atoms with E-state index in [9.17, 15) is 14.9 Å². The molecule has 0 saturated carbocycles. The lowest BCUT2D eigenvalue weighted by atomic mass is 10.00. The summed E-state index contributed by atoms with van der Waals surface area (Å²) in [5.41, 5.74) is 3.88. The Bertz CT molecular complexity index is 1540. The fourth-order valence-electron chi connectivity index (χ4n) is 4.70. The smallest absolute Gasteiger partial charge is 0.257 e. The standard InChI is InChI=1S/C29H23BrClN5O2/c1-19-26(17-33-36(19)25-4-2-3-20(15-25)16-32)29(38)34-13-14-35(28(37)22-5-9-23(30)10-6-22)27(18-34)21-7-11-24(31)12-8-21/h2-12,15,17,27H,13-14,18H2,1H3/t27-/m0/s1. The Hall–Kier alpha value is -3.93. The SMILES string of the molecule is Cc1c(C(=O)N2CCN(C(=O)c3ccc(Br)cc3)[C@H](c3ccc(Cl)cc3)C2)cnn1-c1cccc(C#N)c1. The summed E-state index contributed by atoms with van der Waals surface area (Å²) in [5.74, 6) is -0.245. The lowest BCUT2D eigenvalue weighted by Gasteiger charge is -2.41. The summed E-state index contributed by atoms with van der Waals surface area (Å²) in [7, 11) is 0. The van der Waals surface area contributed by atoms with Gasteiger partial charge in [0.1, 0.15) is 0 Å². The van der Waals surface area contributed by atoms with Gasteiger partial charge in [-0.25, -0.2) is 4.68 Å². The highest BCUT2D eigenvalue weighted by molar-refractivity contribution is 9.10. The molecule has 1 aliphatic rings. The molecule has 2 heterocycles. The van der Waals surface area contributed by atoms with E-state index in [1.54, 1.807) is 58.2 Å². The molecule has 9 heteroatoms. The summed E-state index contributed by atoms with van der Waals surface area (Å²) in [6, 6.07) is 23.5. The largest absolute Gasteiger partial charge is 0.334 e. The van der Waals surface area contributed by atoms with Crippen LogP contribution in [0.4, 0.5) is 0 Å². The van der Waals surface area contributed by atoms with Crippen LogP contribution in [0.2, 0.25) is 5.02 Å². The van der Waals surface area contributed by atoms with Crippen molar-refractivity contribution in [2.75, 3.05) is 19.6 Å². The second kappa shape index (κ2) is 10.8. The average molecular weight is 589 g/mol. The van der Waals surface area contributed by atoms with Gasteiger partial charge >= 0.3 is 0 Å². The van der Waals surface area contributed by atoms with Gasteiger partial charge in [-0.3, -0.25) is 9.59 Å². The van der Waals surface area contributed by atoms with Crippen LogP contribution in [0.1, 0.15) is 43.6 Å². The number of amides is 2. The minimum atomic E-state index is -0.344. The number of rotatable bonds is 4. The zero-order valence-electron chi connectivity index (χ0n) is 20.5. The molecule has 0 aliphatic carbocycles. The van der Waals surface area contributed by atoms with Gasteiger partial charge in [0, 0.05) is 34.7 Å². The van der Waals surface area contributed by atoms with Crippen molar-refractivity contribution in [3.05, 3.63) is 116 Å². The number of piperazine rings is 1. The van der Waals surface area contributed by atoms with Crippen LogP contribution >= 0.6 is 27.5 Å². The summed E-state index contributed by atoms with van der Waals surface area (Å²) in [5, 5.41) is 14.3. The molecule has 4 aromatic rings. The molecule has 2 amide bonds. The van der Waals surface area contributed by atoms with Gasteiger partial charge < -0.3 is 9.80 Å². The first kappa shape index (κ1) is 25.7. The minimum Gasteiger partial charge on any atom is -0.334 e. The summed E-state index contributed by atoms with van der Waals surface area (Å²) < 4.78 is 2.56. The highest BCUT2D eigenvalue weighted by Crippen LogP contribution is 2.30. The molecular formula is C29H23BrClN5O2. The van der Waals surface area contributed by atoms with Gasteiger partial charge in [0.2, 0.25) is 0 Å². The van der Waals surface area contributed by atoms with Crippen molar-refractivity contribution < 1.29 is 9.59 Å². The first-order valence-corrected chi connectivity index (χ1v) is 13.2. The number of nitriles is 1. The van der Waals surface area contributed by atoms with E-state index in [1.165, 1.54) is 0 Å². The molecule has 190 valence electrons. The van der Waals surface area contributed by atoms with E-state index >= 15 is 0 Å². The van der Waals surface area contributed by atoms with Gasteiger partial charge in [0.25, 0.3) is 11.8 Å². The number of hydrogen-bond donors (Lipinski definition) is 0. The maximum absolute atomic E-state index is 13.7. The molecule has 0 unspecified atom stereocenters. The molecule has 7 nitrogen and oxygen atoms in total. The van der Waals surface area contributed by atoms with E-state index in [2.05, 4.69) is 27.1 Å². The molecule has 3 aromatic carbocycles. The Morgan fingerprint density at radius 2 is 1.76 bits per heavy atom. The van der Waals surface area contributed by atoms with Crippen LogP contribution in [0.25, 0.3) is 5.69 Å². The van der Waals surface area contributed by atoms with Crippen molar-refractivity contribution in [1.29, 1.82) is 5.26 Å². The number of nitrogens with zero attached hydrogens (tertiary/aromatic N) is 5. The topological polar surface area (TPSA) is 82.2 Å². The van der Waals surface area contributed by atoms with Crippen LogP contribution in [0, 0.1) is 18.3 Å². The fourth-order valence-corrected chi connectivity index (χ4v) is 5.09. The molecule has 0 bridgehead atoms. The summed E-state index contributed by atoms with van der Waals surface area (Å²) in [6.07, 6.45) is 1.56. The van der Waals surface area contributed by atoms with Crippen molar-refractivity contribution in [1.82, 2.24) is 19.6 Å². The Morgan fingerprint density at radius 3 is 2.47 bits per heavy atom. The molecule has 0 N–H and O–H groups in total. The van der Waals surface area contributed by atoms with Crippen LogP contribution in [0.3, 0.4) is 0 Å². The molecule has 5 rings (SSSR count). The second-order valence-corrected chi connectivity index (χ2v) is 10.4. The van der Waals surface area contributed by atoms with Crippen LogP contribution in [0.15, 0.2) is 83.5 Å². The minimum absolute atomic E-state index is 0.0917. The maximum atomic E-state index is 13.7. The number of benzene rings is 3. The van der Waals surface area contributed by atoms with Crippen molar-refractivity contribution >= 4 is 39.3 Å². The third-order valence-electron chi connectivity index (χ3n) is 6.73. The van der Waals surface area contributed by atoms with Crippen LogP contribution in [-0.4, -0.2) is 51.0 Å². The summed E-state index contributed by atoms with van der Waals surface area (Å²) in [6.45, 7) is 2.94. The van der Waals surface area contributed by atoms with E-state index in [-0.39, 0.29) is 17.9 Å². The van der Waals surface area contributed by atoms with Crippen molar-refractivity contribution in [2.24, 2.45) is 0 Å². The molecule has 38 heavy (non-hydrogen) atoms. The molecule has 0 spiro atoms. The van der Waals surface area contributed by atoms with E-state index in [0.717, 1.165) is 10.0 Å². The van der Waals surface area contributed by atoms with Crippen molar-refractivity contribution in [2.45, 2.75) is 13.0 Å². The Balaban J connectivity index is 1.43. The van der Waals surface area contributed by atoms with E-state index < -0.39 is 0 Å². The Kier molecular flexibility index (Phi) is 7.32. The highest BCUT2D eigenvalue weighted by atomic mass is 79.9. The molecule has 1 atom stereocenters. The Morgan fingerprint density at radius 1 is 1.03 bits per heavy atom. The molecular weight excluding hydrogens is 566 g/mol. The van der Waals surface area contributed by atoms with Gasteiger partial charge in [0.15, 0.2) is 0 Å². The van der Waals surface area contributed by atoms with E-state index in [4.69, 9.17) is 11.6 Å². The molecule has 1 fully saturated rings. The number of carbonyl (C=O) groups excluding carboxylic acids is 2. The average Bonchev–Trinajstić information content (AvgIpc) is 3.34. The zero-order valence-corrected chi connectivity index (χ0v) is 22.9. The monoisotopic (exact) mass is 587 g/mol. The zero-order chi connectivity index (χ0) is 26.8. The van der Waals surface area contributed by atoms with Gasteiger partial charge in [-0.2, -0.15) is 10.4 Å². The van der Waals surface area contributed by atoms with Crippen LogP contribution in [-0.2, 0) is 0 Å². The fraction of sp³-hybridized carbons (Fsp3) is 0.172. The quantitative estimate of drug-likeness (QED) is 0.301. The normalized spacial score (nSPS) is 15.3. The van der Waals surface area contributed by atoms with Crippen LogP contribution < -0.4 is 0 Å². The first-order chi connectivity index (χ1) is 18.4. The third kappa shape index (κ3) is 5.08. The van der Waals surface area contributed by atoms with Crippen LogP contribution in [0.5, 0.6) is 0 Å². The predicted molar refractivity (Wildman–Crippen MR) is 148 cm³/mol. The number of hydrogen-bond acceptors (Lipinski definition) is 4. The van der Waals surface area contributed by atoms with E-state index in [0.29, 0.717) is 52.7 Å². The molecule has 0 radical (unpaired) electrons. The third-order valence-corrected chi connectivity index (χ3v) is 7.52. The van der Waals surface area contributed by atoms with E-state index in [1.807, 2.05) is 42.2 Å². The van der Waals surface area contributed by atoms with Gasteiger partial charge in [0.05, 0.1) is 40.8 Å². The Labute approximate surface area is 234 Å². The van der Waals surface area contributed by atoms with Gasteiger partial charge in [-0.1, -0.05) is 45.7 Å². The summed E-state index contributed by atoms with van der Waals surface area (Å²) in [4.78, 5) is 30.8. The van der Waals surface area contributed by atoms with Crippen molar-refractivity contribution in [3.63, 3.8) is 0 Å². The summed E-state index contributed by atoms with van der Waals surface area (Å²) >= 11 is 9.55. The molecule has 1 aromatic heterocycles. The molecule has 1 aliphatic heterocycles. The maximum Gasteiger partial charge on any atom is 0.257 e. The lowest BCUT2D eigenvalue weighted by molar-refractivity contribution is 0.0383. The number of carbonyl (C=O) groups is 2. The highest BCUT2D eigenvalue weighted by Gasteiger charge is 2.35. The predicted octanol–water partition coefficient (Wildman–Crippen LogP) is 5.81. The van der Waals surface area contributed by atoms with Crippen molar-refractivity contribution in [3.8, 4) is 11.8 Å². The first-order valence-electron chi connectivity index (χ1n) is 12.0. The number of aromatic nitrogens is 2. The van der Waals surface area contributed by atoms with Gasteiger partial charge in [-0.05, 0) is 67.1 Å². The van der Waals surface area contributed by atoms with Gasteiger partial charge in [-0.15, -0.1) is 0 Å². The molecule has 1 saturated heterocycles.